The molecule has 2 aromatic carbocycles. The maximum Gasteiger partial charge on any atom is 0.255 e. The highest BCUT2D eigenvalue weighted by molar-refractivity contribution is 6.22. The first kappa shape index (κ1) is 22.5. The lowest BCUT2D eigenvalue weighted by Gasteiger charge is -2.46. The van der Waals surface area contributed by atoms with E-state index in [1.165, 1.54) is 6.07 Å². The molecular weight excluding hydrogens is 454 g/mol. The summed E-state index contributed by atoms with van der Waals surface area (Å²) in [7, 11) is 0. The molecule has 35 heavy (non-hydrogen) atoms. The normalized spacial score (nSPS) is 25.6. The first-order valence-electron chi connectivity index (χ1n) is 11.0. The van der Waals surface area contributed by atoms with Crippen LogP contribution < -0.4 is 5.73 Å². The second kappa shape index (κ2) is 7.64. The molecule has 1 fully saturated rings. The van der Waals surface area contributed by atoms with Crippen molar-refractivity contribution in [2.75, 3.05) is 0 Å². The fourth-order valence-corrected chi connectivity index (χ4v) is 5.63. The summed E-state index contributed by atoms with van der Waals surface area (Å²) in [5.41, 5.74) is 4.05. The van der Waals surface area contributed by atoms with Gasteiger partial charge in [-0.1, -0.05) is 30.3 Å². The van der Waals surface area contributed by atoms with E-state index < -0.39 is 52.0 Å². The Balaban J connectivity index is 1.69. The summed E-state index contributed by atoms with van der Waals surface area (Å²) in [6, 6.07) is 9.76. The molecule has 3 atom stereocenters. The van der Waals surface area contributed by atoms with Crippen LogP contribution in [-0.2, 0) is 20.8 Å². The number of nitrogens with two attached hydrogens (primary N) is 1. The predicted molar refractivity (Wildman–Crippen MR) is 122 cm³/mol. The number of fused-ring (bicyclic) bond motifs is 3. The Labute approximate surface area is 198 Å². The molecule has 9 heteroatoms. The highest BCUT2D eigenvalue weighted by atomic mass is 16.3. The number of benzene rings is 2. The molecule has 0 bridgehead atoms. The van der Waals surface area contributed by atoms with Crippen LogP contribution in [0.25, 0.3) is 16.9 Å². The molecule has 3 unspecified atom stereocenters. The number of aliphatic hydroxyl groups excluding tert-OH is 2. The number of carbonyl (C=O) groups is 4. The lowest BCUT2D eigenvalue weighted by atomic mass is 9.59. The standard InChI is InChI=1S/C26H21NO8/c27-25(34)21-18(30)9-14-7-13-8-16-15(12-3-1-11(10-28)2-4-12)5-6-17(29)20(16)22(31)19(13)23(32)26(14,35)24(21)33/h1-6,10,13-14,29,31,33,35H,7-9H2,(H2,27,34). The molecule has 9 nitrogen and oxygen atoms in total. The van der Waals surface area contributed by atoms with Crippen molar-refractivity contribution < 1.29 is 39.6 Å². The monoisotopic (exact) mass is 475 g/mol. The molecule has 0 heterocycles. The number of carbonyl (C=O) groups excluding carboxylic acids is 4. The summed E-state index contributed by atoms with van der Waals surface area (Å²) < 4.78 is 0. The van der Waals surface area contributed by atoms with E-state index in [-0.39, 0.29) is 36.1 Å². The molecule has 0 saturated heterocycles. The fraction of sp³-hybridized carbons (Fsp3) is 0.231. The zero-order valence-corrected chi connectivity index (χ0v) is 18.3. The van der Waals surface area contributed by atoms with Gasteiger partial charge in [-0.2, -0.15) is 0 Å². The molecule has 3 aliphatic rings. The number of primary amides is 1. The van der Waals surface area contributed by atoms with E-state index >= 15 is 0 Å². The number of hydrogen-bond acceptors (Lipinski definition) is 8. The summed E-state index contributed by atoms with van der Waals surface area (Å²) in [5.74, 6) is -6.63. The number of aliphatic hydroxyl groups is 3. The second-order valence-electron chi connectivity index (χ2n) is 9.13. The van der Waals surface area contributed by atoms with Crippen molar-refractivity contribution in [3.8, 4) is 16.9 Å². The Hall–Kier alpha value is -4.24. The van der Waals surface area contributed by atoms with Crippen molar-refractivity contribution in [2.45, 2.75) is 24.9 Å². The zero-order chi connectivity index (χ0) is 25.2. The van der Waals surface area contributed by atoms with Crippen molar-refractivity contribution >= 4 is 29.5 Å². The second-order valence-corrected chi connectivity index (χ2v) is 9.13. The average Bonchev–Trinajstić information content (AvgIpc) is 2.81. The Bertz CT molecular complexity index is 1400. The smallest absolute Gasteiger partial charge is 0.255 e. The lowest BCUT2D eigenvalue weighted by Crippen LogP contribution is -2.58. The minimum atomic E-state index is -2.59. The quantitative estimate of drug-likeness (QED) is 0.330. The maximum absolute atomic E-state index is 13.5. The van der Waals surface area contributed by atoms with Crippen LogP contribution in [0.2, 0.25) is 0 Å². The third-order valence-electron chi connectivity index (χ3n) is 7.30. The van der Waals surface area contributed by atoms with E-state index in [0.717, 1.165) is 5.56 Å². The predicted octanol–water partition coefficient (Wildman–Crippen LogP) is 1.90. The minimum absolute atomic E-state index is 0.0223. The van der Waals surface area contributed by atoms with Gasteiger partial charge >= 0.3 is 0 Å². The highest BCUT2D eigenvalue weighted by Crippen LogP contribution is 2.53. The number of rotatable bonds is 3. The van der Waals surface area contributed by atoms with Gasteiger partial charge in [-0.25, -0.2) is 0 Å². The summed E-state index contributed by atoms with van der Waals surface area (Å²) in [6.07, 6.45) is 0.600. The number of ketones is 2. The number of aldehydes is 1. The minimum Gasteiger partial charge on any atom is -0.508 e. The van der Waals surface area contributed by atoms with Crippen LogP contribution in [0.1, 0.15) is 34.3 Å². The van der Waals surface area contributed by atoms with Crippen LogP contribution in [-0.4, -0.2) is 49.8 Å². The van der Waals surface area contributed by atoms with Gasteiger partial charge in [0.1, 0.15) is 29.1 Å². The van der Waals surface area contributed by atoms with Gasteiger partial charge < -0.3 is 26.2 Å². The Kier molecular flexibility index (Phi) is 4.92. The van der Waals surface area contributed by atoms with Gasteiger partial charge in [0.2, 0.25) is 5.78 Å². The molecule has 0 radical (unpaired) electrons. The number of Topliss-reactive ketones (excluding diaryl/α,β-unsaturated/α-hetero) is 2. The lowest BCUT2D eigenvalue weighted by molar-refractivity contribution is -0.147. The molecule has 178 valence electrons. The van der Waals surface area contributed by atoms with Crippen molar-refractivity contribution in [2.24, 2.45) is 17.6 Å². The largest absolute Gasteiger partial charge is 0.508 e. The number of hydrogen-bond donors (Lipinski definition) is 5. The third-order valence-corrected chi connectivity index (χ3v) is 7.30. The molecule has 2 aromatic rings. The zero-order valence-electron chi connectivity index (χ0n) is 18.3. The van der Waals surface area contributed by atoms with Gasteiger partial charge in [-0.3, -0.25) is 19.2 Å². The van der Waals surface area contributed by atoms with E-state index in [4.69, 9.17) is 5.73 Å². The molecule has 3 aliphatic carbocycles. The first-order valence-corrected chi connectivity index (χ1v) is 11.0. The van der Waals surface area contributed by atoms with Crippen molar-refractivity contribution in [1.29, 1.82) is 0 Å². The van der Waals surface area contributed by atoms with Crippen molar-refractivity contribution in [3.63, 3.8) is 0 Å². The van der Waals surface area contributed by atoms with Crippen molar-refractivity contribution in [1.82, 2.24) is 0 Å². The Morgan fingerprint density at radius 2 is 1.71 bits per heavy atom. The molecule has 5 rings (SSSR count). The van der Waals surface area contributed by atoms with E-state index in [0.29, 0.717) is 23.0 Å². The summed E-state index contributed by atoms with van der Waals surface area (Å²) in [6.45, 7) is 0. The molecule has 0 aromatic heterocycles. The average molecular weight is 475 g/mol. The number of aromatic hydroxyl groups is 1. The molecule has 1 amide bonds. The topological polar surface area (TPSA) is 175 Å². The number of amides is 1. The van der Waals surface area contributed by atoms with Crippen molar-refractivity contribution in [3.05, 3.63) is 70.0 Å². The van der Waals surface area contributed by atoms with Crippen LogP contribution in [0.3, 0.4) is 0 Å². The summed E-state index contributed by atoms with van der Waals surface area (Å²) in [4.78, 5) is 48.7. The third kappa shape index (κ3) is 3.05. The van der Waals surface area contributed by atoms with E-state index in [1.54, 1.807) is 30.3 Å². The first-order chi connectivity index (χ1) is 16.6. The Morgan fingerprint density at radius 3 is 2.34 bits per heavy atom. The van der Waals surface area contributed by atoms with Gasteiger partial charge in [0.05, 0.1) is 5.56 Å². The molecule has 6 N–H and O–H groups in total. The fourth-order valence-electron chi connectivity index (χ4n) is 5.63. The maximum atomic E-state index is 13.5. The van der Waals surface area contributed by atoms with Gasteiger partial charge in [-0.05, 0) is 41.5 Å². The number of phenolic OH excluding ortho intramolecular Hbond substituents is 1. The summed E-state index contributed by atoms with van der Waals surface area (Å²) >= 11 is 0. The molecule has 0 aliphatic heterocycles. The van der Waals surface area contributed by atoms with Crippen LogP contribution in [0.5, 0.6) is 5.75 Å². The van der Waals surface area contributed by atoms with Crippen LogP contribution >= 0.6 is 0 Å². The van der Waals surface area contributed by atoms with E-state index in [1.807, 2.05) is 0 Å². The highest BCUT2D eigenvalue weighted by Gasteiger charge is 2.60. The van der Waals surface area contributed by atoms with E-state index in [2.05, 4.69) is 0 Å². The van der Waals surface area contributed by atoms with Gasteiger partial charge in [0, 0.05) is 23.5 Å². The van der Waals surface area contributed by atoms with Gasteiger partial charge in [0.25, 0.3) is 5.91 Å². The molecular formula is C26H21NO8. The summed E-state index contributed by atoms with van der Waals surface area (Å²) in [5, 5.41) is 43.6. The van der Waals surface area contributed by atoms with Crippen LogP contribution in [0.15, 0.2) is 53.3 Å². The Morgan fingerprint density at radius 1 is 1.03 bits per heavy atom. The SMILES string of the molecule is NC(=O)C1=C(O)C2(O)C(=O)C3=C(O)c4c(O)ccc(-c5ccc(C=O)cc5)c4CC3CC2CC1=O. The molecule has 0 spiro atoms. The van der Waals surface area contributed by atoms with Gasteiger partial charge in [-0.15, -0.1) is 0 Å². The van der Waals surface area contributed by atoms with E-state index in [9.17, 15) is 39.6 Å². The molecule has 1 saturated carbocycles. The number of phenols is 1. The van der Waals surface area contributed by atoms with Crippen LogP contribution in [0, 0.1) is 11.8 Å². The van der Waals surface area contributed by atoms with Gasteiger partial charge in [0.15, 0.2) is 11.4 Å². The van der Waals surface area contributed by atoms with Crippen LogP contribution in [0.4, 0.5) is 0 Å².